The molecule has 0 aliphatic carbocycles. The van der Waals surface area contributed by atoms with Crippen LogP contribution in [0.4, 0.5) is 11.4 Å². The Morgan fingerprint density at radius 3 is 2.50 bits per heavy atom. The standard InChI is InChI=1S/C16H12N6O3S/c17-16(26)21-15(23)14(13(20-21)10-6-2-1-3-7-10)19-18-11-8-4-5-9-12(11)22(24)25/h1-9,18H,(H2,17,26)/b19-14+. The van der Waals surface area contributed by atoms with Gasteiger partial charge in [0.2, 0.25) is 0 Å². The third-order valence-corrected chi connectivity index (χ3v) is 3.64. The summed E-state index contributed by atoms with van der Waals surface area (Å²) in [5, 5.41) is 19.9. The Bertz CT molecular complexity index is 957. The van der Waals surface area contributed by atoms with Crippen LogP contribution in [0.1, 0.15) is 5.56 Å². The lowest BCUT2D eigenvalue weighted by Crippen LogP contribution is -2.36. The molecule has 2 aromatic carbocycles. The van der Waals surface area contributed by atoms with E-state index < -0.39 is 10.8 Å². The number of hydrogen-bond acceptors (Lipinski definition) is 7. The van der Waals surface area contributed by atoms with E-state index in [2.05, 4.69) is 15.6 Å². The molecule has 1 aliphatic heterocycles. The molecule has 26 heavy (non-hydrogen) atoms. The first kappa shape index (κ1) is 17.2. The third-order valence-electron chi connectivity index (χ3n) is 3.46. The van der Waals surface area contributed by atoms with Crippen LogP contribution >= 0.6 is 12.2 Å². The van der Waals surface area contributed by atoms with Crippen LogP contribution < -0.4 is 11.2 Å². The van der Waals surface area contributed by atoms with Crippen LogP contribution in [0.3, 0.4) is 0 Å². The third kappa shape index (κ3) is 3.26. The van der Waals surface area contributed by atoms with E-state index in [1.54, 1.807) is 30.3 Å². The first-order chi connectivity index (χ1) is 12.5. The number of nitro benzene ring substituents is 1. The minimum absolute atomic E-state index is 0.0536. The molecular formula is C16H12N6O3S. The molecule has 3 N–H and O–H groups in total. The van der Waals surface area contributed by atoms with Gasteiger partial charge in [-0.2, -0.15) is 15.2 Å². The molecule has 130 valence electrons. The molecule has 1 aliphatic rings. The van der Waals surface area contributed by atoms with Crippen molar-refractivity contribution in [3.63, 3.8) is 0 Å². The van der Waals surface area contributed by atoms with E-state index in [0.29, 0.717) is 5.56 Å². The molecule has 3 rings (SSSR count). The van der Waals surface area contributed by atoms with Gasteiger partial charge in [0.1, 0.15) is 11.4 Å². The van der Waals surface area contributed by atoms with Gasteiger partial charge in [-0.3, -0.25) is 20.3 Å². The van der Waals surface area contributed by atoms with E-state index in [1.165, 1.54) is 18.2 Å². The molecule has 1 amide bonds. The zero-order chi connectivity index (χ0) is 18.7. The second-order valence-corrected chi connectivity index (χ2v) is 5.53. The summed E-state index contributed by atoms with van der Waals surface area (Å²) in [6.07, 6.45) is 0. The molecule has 9 nitrogen and oxygen atoms in total. The number of carbonyl (C=O) groups excluding carboxylic acids is 1. The van der Waals surface area contributed by atoms with Crippen molar-refractivity contribution in [1.29, 1.82) is 0 Å². The Hall–Kier alpha value is -3.66. The summed E-state index contributed by atoms with van der Waals surface area (Å²) >= 11 is 4.83. The predicted molar refractivity (Wildman–Crippen MR) is 101 cm³/mol. The molecule has 0 atom stereocenters. The highest BCUT2D eigenvalue weighted by Crippen LogP contribution is 2.23. The minimum atomic E-state index is -0.623. The smallest absolute Gasteiger partial charge is 0.303 e. The van der Waals surface area contributed by atoms with E-state index >= 15 is 0 Å². The molecule has 0 saturated carbocycles. The van der Waals surface area contributed by atoms with Crippen molar-refractivity contribution in [2.75, 3.05) is 5.43 Å². The largest absolute Gasteiger partial charge is 0.374 e. The number of thiocarbonyl (C=S) groups is 1. The van der Waals surface area contributed by atoms with Gasteiger partial charge in [-0.15, -0.1) is 0 Å². The molecule has 0 unspecified atom stereocenters. The molecule has 2 aromatic rings. The average molecular weight is 368 g/mol. The number of hydrogen-bond donors (Lipinski definition) is 2. The van der Waals surface area contributed by atoms with E-state index in [1.807, 2.05) is 6.07 Å². The summed E-state index contributed by atoms with van der Waals surface area (Å²) in [6, 6.07) is 14.8. The fourth-order valence-corrected chi connectivity index (χ4v) is 2.40. The number of hydrazone groups is 2. The molecule has 0 bridgehead atoms. The van der Waals surface area contributed by atoms with Gasteiger partial charge in [0, 0.05) is 11.6 Å². The first-order valence-electron chi connectivity index (χ1n) is 7.34. The van der Waals surface area contributed by atoms with Crippen molar-refractivity contribution in [2.45, 2.75) is 0 Å². The van der Waals surface area contributed by atoms with Crippen molar-refractivity contribution in [2.24, 2.45) is 15.9 Å². The summed E-state index contributed by atoms with van der Waals surface area (Å²) in [5.74, 6) is -0.623. The van der Waals surface area contributed by atoms with Crippen LogP contribution in [0.2, 0.25) is 0 Å². The SMILES string of the molecule is NC(=S)N1N=C(c2ccccc2)/C(=N\Nc2ccccc2[N+](=O)[O-])C1=O. The van der Waals surface area contributed by atoms with Crippen LogP contribution in [-0.4, -0.2) is 32.4 Å². The van der Waals surface area contributed by atoms with Crippen molar-refractivity contribution < 1.29 is 9.72 Å². The molecule has 0 fully saturated rings. The molecular weight excluding hydrogens is 356 g/mol. The Labute approximate surface area is 152 Å². The lowest BCUT2D eigenvalue weighted by Gasteiger charge is -2.07. The lowest BCUT2D eigenvalue weighted by atomic mass is 10.1. The normalized spacial score (nSPS) is 15.1. The molecule has 0 radical (unpaired) electrons. The number of nitrogens with zero attached hydrogens (tertiary/aromatic N) is 4. The Kier molecular flexibility index (Phi) is 4.67. The average Bonchev–Trinajstić information content (AvgIpc) is 2.97. The maximum absolute atomic E-state index is 12.5. The number of nitro groups is 1. The quantitative estimate of drug-likeness (QED) is 0.482. The Morgan fingerprint density at radius 2 is 1.85 bits per heavy atom. The molecule has 0 spiro atoms. The second-order valence-electron chi connectivity index (χ2n) is 5.12. The summed E-state index contributed by atoms with van der Waals surface area (Å²) < 4.78 is 0. The Balaban J connectivity index is 2.00. The molecule has 10 heteroatoms. The highest BCUT2D eigenvalue weighted by molar-refractivity contribution is 7.80. The number of amides is 1. The fourth-order valence-electron chi connectivity index (χ4n) is 2.28. The van der Waals surface area contributed by atoms with Gasteiger partial charge in [0.05, 0.1) is 4.92 Å². The maximum Gasteiger partial charge on any atom is 0.303 e. The monoisotopic (exact) mass is 368 g/mol. The number of carbonyl (C=O) groups is 1. The molecule has 0 saturated heterocycles. The number of anilines is 1. The molecule has 0 aromatic heterocycles. The van der Waals surface area contributed by atoms with Crippen LogP contribution in [0, 0.1) is 10.1 Å². The highest BCUT2D eigenvalue weighted by Gasteiger charge is 2.34. The van der Waals surface area contributed by atoms with E-state index in [4.69, 9.17) is 18.0 Å². The lowest BCUT2D eigenvalue weighted by molar-refractivity contribution is -0.384. The fraction of sp³-hybridized carbons (Fsp3) is 0. The van der Waals surface area contributed by atoms with Gasteiger partial charge in [-0.1, -0.05) is 42.5 Å². The van der Waals surface area contributed by atoms with Crippen LogP contribution in [-0.2, 0) is 4.79 Å². The van der Waals surface area contributed by atoms with E-state index in [9.17, 15) is 14.9 Å². The number of para-hydroxylation sites is 2. The van der Waals surface area contributed by atoms with Crippen molar-refractivity contribution >= 4 is 46.0 Å². The van der Waals surface area contributed by atoms with Crippen molar-refractivity contribution in [1.82, 2.24) is 5.01 Å². The zero-order valence-electron chi connectivity index (χ0n) is 13.2. The van der Waals surface area contributed by atoms with Gasteiger partial charge in [-0.05, 0) is 18.3 Å². The zero-order valence-corrected chi connectivity index (χ0v) is 14.0. The van der Waals surface area contributed by atoms with Crippen molar-refractivity contribution in [3.05, 3.63) is 70.3 Å². The predicted octanol–water partition coefficient (Wildman–Crippen LogP) is 1.85. The minimum Gasteiger partial charge on any atom is -0.374 e. The number of nitrogens with two attached hydrogens (primary N) is 1. The van der Waals surface area contributed by atoms with E-state index in [0.717, 1.165) is 5.01 Å². The van der Waals surface area contributed by atoms with Gasteiger partial charge in [0.15, 0.2) is 10.8 Å². The topological polar surface area (TPSA) is 126 Å². The first-order valence-corrected chi connectivity index (χ1v) is 7.75. The maximum atomic E-state index is 12.5. The van der Waals surface area contributed by atoms with Gasteiger partial charge >= 0.3 is 5.91 Å². The van der Waals surface area contributed by atoms with Crippen molar-refractivity contribution in [3.8, 4) is 0 Å². The summed E-state index contributed by atoms with van der Waals surface area (Å²) in [6.45, 7) is 0. The number of benzene rings is 2. The Morgan fingerprint density at radius 1 is 1.19 bits per heavy atom. The van der Waals surface area contributed by atoms with Gasteiger partial charge < -0.3 is 5.73 Å². The summed E-state index contributed by atoms with van der Waals surface area (Å²) in [7, 11) is 0. The summed E-state index contributed by atoms with van der Waals surface area (Å²) in [5.41, 5.74) is 8.88. The van der Waals surface area contributed by atoms with Gasteiger partial charge in [-0.25, -0.2) is 0 Å². The number of nitrogens with one attached hydrogen (secondary N) is 1. The highest BCUT2D eigenvalue weighted by atomic mass is 32.1. The summed E-state index contributed by atoms with van der Waals surface area (Å²) in [4.78, 5) is 23.1. The number of rotatable bonds is 4. The van der Waals surface area contributed by atoms with Crippen LogP contribution in [0.5, 0.6) is 0 Å². The van der Waals surface area contributed by atoms with Crippen LogP contribution in [0.25, 0.3) is 0 Å². The van der Waals surface area contributed by atoms with Gasteiger partial charge in [0.25, 0.3) is 5.69 Å². The van der Waals surface area contributed by atoms with E-state index in [-0.39, 0.29) is 27.9 Å². The van der Waals surface area contributed by atoms with Crippen LogP contribution in [0.15, 0.2) is 64.8 Å². The second kappa shape index (κ2) is 7.07. The molecule has 1 heterocycles.